The molecule has 0 aliphatic rings. The molecule has 7 heteroatoms. The van der Waals surface area contributed by atoms with E-state index in [0.29, 0.717) is 5.56 Å². The molecular formula is C16H15ClFNO3S. The number of para-hydroxylation sites is 1. The third kappa shape index (κ3) is 3.54. The first-order chi connectivity index (χ1) is 10.6. The Kier molecular flexibility index (Phi) is 4.77. The third-order valence-corrected chi connectivity index (χ3v) is 4.82. The Labute approximate surface area is 139 Å². The topological polar surface area (TPSA) is 54.5 Å². The van der Waals surface area contributed by atoms with E-state index in [0.717, 1.165) is 6.26 Å². The van der Waals surface area contributed by atoms with Crippen LogP contribution in [0.2, 0.25) is 0 Å². The number of rotatable bonds is 4. The summed E-state index contributed by atoms with van der Waals surface area (Å²) in [4.78, 5) is 12.8. The fourth-order valence-corrected chi connectivity index (χ4v) is 3.41. The molecule has 0 radical (unpaired) electrons. The summed E-state index contributed by atoms with van der Waals surface area (Å²) in [7, 11) is -2.09. The van der Waals surface area contributed by atoms with Crippen molar-refractivity contribution in [2.45, 2.75) is 11.8 Å². The number of nitrogens with zero attached hydrogens (tertiary/aromatic N) is 1. The third-order valence-electron chi connectivity index (χ3n) is 3.49. The van der Waals surface area contributed by atoms with Crippen molar-refractivity contribution >= 4 is 38.1 Å². The second-order valence-corrected chi connectivity index (χ2v) is 7.52. The predicted octanol–water partition coefficient (Wildman–Crippen LogP) is 3.68. The molecule has 0 fully saturated rings. The minimum Gasteiger partial charge on any atom is -0.341 e. The van der Waals surface area contributed by atoms with Crippen LogP contribution in [0, 0.1) is 12.7 Å². The Bertz CT molecular complexity index is 881. The van der Waals surface area contributed by atoms with Gasteiger partial charge < -0.3 is 4.90 Å². The highest BCUT2D eigenvalue weighted by Crippen LogP contribution is 2.34. The van der Waals surface area contributed by atoms with Gasteiger partial charge in [-0.25, -0.2) is 12.8 Å². The van der Waals surface area contributed by atoms with E-state index in [4.69, 9.17) is 11.6 Å². The van der Waals surface area contributed by atoms with E-state index in [2.05, 4.69) is 0 Å². The molecule has 0 aliphatic heterocycles. The van der Waals surface area contributed by atoms with Gasteiger partial charge >= 0.3 is 0 Å². The lowest BCUT2D eigenvalue weighted by Gasteiger charge is -2.23. The molecule has 0 spiro atoms. The molecule has 2 rings (SSSR count). The largest absolute Gasteiger partial charge is 0.341 e. The van der Waals surface area contributed by atoms with Gasteiger partial charge in [0, 0.05) is 18.9 Å². The highest BCUT2D eigenvalue weighted by molar-refractivity contribution is 7.90. The summed E-state index contributed by atoms with van der Waals surface area (Å²) in [6.07, 6.45) is 1.03. The summed E-state index contributed by atoms with van der Waals surface area (Å²) in [5.41, 5.74) is 1.12. The molecule has 0 aliphatic carbocycles. The number of anilines is 2. The monoisotopic (exact) mass is 355 g/mol. The molecule has 0 atom stereocenters. The number of halogens is 2. The molecule has 4 nitrogen and oxygen atoms in total. The molecule has 23 heavy (non-hydrogen) atoms. The van der Waals surface area contributed by atoms with E-state index in [9.17, 15) is 17.6 Å². The van der Waals surface area contributed by atoms with Crippen molar-refractivity contribution in [1.82, 2.24) is 0 Å². The van der Waals surface area contributed by atoms with Gasteiger partial charge in [-0.2, -0.15) is 0 Å². The second-order valence-electron chi connectivity index (χ2n) is 5.19. The summed E-state index contributed by atoms with van der Waals surface area (Å²) in [5, 5.41) is -0.743. The lowest BCUT2D eigenvalue weighted by atomic mass is 10.1. The van der Waals surface area contributed by atoms with Crippen molar-refractivity contribution in [3.63, 3.8) is 0 Å². The van der Waals surface area contributed by atoms with E-state index in [1.807, 2.05) is 0 Å². The van der Waals surface area contributed by atoms with Gasteiger partial charge in [-0.3, -0.25) is 4.79 Å². The lowest BCUT2D eigenvalue weighted by Crippen LogP contribution is -2.16. The van der Waals surface area contributed by atoms with Crippen LogP contribution in [0.3, 0.4) is 0 Å². The predicted molar refractivity (Wildman–Crippen MR) is 88.9 cm³/mol. The number of benzene rings is 2. The molecule has 2 aromatic carbocycles. The Balaban J connectivity index is 2.74. The molecule has 0 bridgehead atoms. The molecule has 122 valence electrons. The molecule has 0 heterocycles. The molecule has 0 unspecified atom stereocenters. The maximum Gasteiger partial charge on any atom is 0.252 e. The number of carbonyl (C=O) groups is 1. The SMILES string of the molecule is Cc1cc(N(C)c2ccccc2F)c(S(C)(=O)=O)cc1C(=O)Cl. The summed E-state index contributed by atoms with van der Waals surface area (Å²) in [6.45, 7) is 1.64. The minimum absolute atomic E-state index is 0.0853. The zero-order chi connectivity index (χ0) is 17.4. The highest BCUT2D eigenvalue weighted by atomic mass is 35.5. The van der Waals surface area contributed by atoms with Crippen molar-refractivity contribution < 1.29 is 17.6 Å². The van der Waals surface area contributed by atoms with Crippen LogP contribution in [-0.2, 0) is 9.84 Å². The summed E-state index contributed by atoms with van der Waals surface area (Å²) >= 11 is 5.50. The quantitative estimate of drug-likeness (QED) is 0.785. The van der Waals surface area contributed by atoms with Crippen LogP contribution in [0.1, 0.15) is 15.9 Å². The van der Waals surface area contributed by atoms with Gasteiger partial charge in [-0.1, -0.05) is 12.1 Å². The van der Waals surface area contributed by atoms with Gasteiger partial charge in [0.2, 0.25) is 0 Å². The van der Waals surface area contributed by atoms with Crippen LogP contribution in [0.4, 0.5) is 15.8 Å². The highest BCUT2D eigenvalue weighted by Gasteiger charge is 2.22. The normalized spacial score (nSPS) is 11.3. The maximum atomic E-state index is 14.0. The molecular weight excluding hydrogens is 341 g/mol. The van der Waals surface area contributed by atoms with Crippen molar-refractivity contribution in [3.05, 3.63) is 53.3 Å². The number of aryl methyl sites for hydroxylation is 1. The van der Waals surface area contributed by atoms with Crippen LogP contribution < -0.4 is 4.90 Å². The minimum atomic E-state index is -3.65. The fraction of sp³-hybridized carbons (Fsp3) is 0.188. The number of hydrogen-bond donors (Lipinski definition) is 0. The molecule has 0 amide bonds. The number of sulfone groups is 1. The van der Waals surface area contributed by atoms with E-state index >= 15 is 0 Å². The van der Waals surface area contributed by atoms with Crippen molar-refractivity contribution in [1.29, 1.82) is 0 Å². The Hall–Kier alpha value is -1.92. The van der Waals surface area contributed by atoms with Crippen LogP contribution >= 0.6 is 11.6 Å². The van der Waals surface area contributed by atoms with Crippen LogP contribution in [0.5, 0.6) is 0 Å². The second kappa shape index (κ2) is 6.29. The zero-order valence-electron chi connectivity index (χ0n) is 12.8. The number of hydrogen-bond acceptors (Lipinski definition) is 4. The lowest BCUT2D eigenvalue weighted by molar-refractivity contribution is 0.108. The van der Waals surface area contributed by atoms with Crippen molar-refractivity contribution in [2.75, 3.05) is 18.2 Å². The van der Waals surface area contributed by atoms with Gasteiger partial charge in [0.05, 0.1) is 16.3 Å². The molecule has 0 saturated carbocycles. The fourth-order valence-electron chi connectivity index (χ4n) is 2.30. The van der Waals surface area contributed by atoms with Crippen LogP contribution in [0.25, 0.3) is 0 Å². The van der Waals surface area contributed by atoms with Gasteiger partial charge in [0.1, 0.15) is 5.82 Å². The molecule has 0 aromatic heterocycles. The molecule has 0 saturated heterocycles. The average Bonchev–Trinajstić information content (AvgIpc) is 2.45. The van der Waals surface area contributed by atoms with Crippen LogP contribution in [0.15, 0.2) is 41.3 Å². The first kappa shape index (κ1) is 17.4. The van der Waals surface area contributed by atoms with Gasteiger partial charge in [-0.05, 0) is 48.4 Å². The number of carbonyl (C=O) groups excluding carboxylic acids is 1. The van der Waals surface area contributed by atoms with Crippen LogP contribution in [-0.4, -0.2) is 27.0 Å². The average molecular weight is 356 g/mol. The maximum absolute atomic E-state index is 14.0. The zero-order valence-corrected chi connectivity index (χ0v) is 14.4. The Morgan fingerprint density at radius 1 is 1.17 bits per heavy atom. The van der Waals surface area contributed by atoms with Gasteiger partial charge in [0.15, 0.2) is 9.84 Å². The van der Waals surface area contributed by atoms with E-state index in [-0.39, 0.29) is 21.8 Å². The summed E-state index contributed by atoms with van der Waals surface area (Å²) < 4.78 is 38.2. The standard InChI is InChI=1S/C16H15ClFNO3S/c1-10-8-14(19(2)13-7-5-4-6-12(13)18)15(23(3,21)22)9-11(10)16(17)20/h4-9H,1-3H3. The van der Waals surface area contributed by atoms with E-state index in [1.54, 1.807) is 26.1 Å². The first-order valence-electron chi connectivity index (χ1n) is 6.65. The van der Waals surface area contributed by atoms with E-state index in [1.165, 1.54) is 29.2 Å². The molecule has 2 aromatic rings. The van der Waals surface area contributed by atoms with Crippen molar-refractivity contribution in [2.24, 2.45) is 0 Å². The Morgan fingerprint density at radius 3 is 2.30 bits per heavy atom. The Morgan fingerprint density at radius 2 is 1.78 bits per heavy atom. The smallest absolute Gasteiger partial charge is 0.252 e. The van der Waals surface area contributed by atoms with Gasteiger partial charge in [0.25, 0.3) is 5.24 Å². The summed E-state index contributed by atoms with van der Waals surface area (Å²) in [5.74, 6) is -0.482. The first-order valence-corrected chi connectivity index (χ1v) is 8.92. The van der Waals surface area contributed by atoms with Gasteiger partial charge in [-0.15, -0.1) is 0 Å². The van der Waals surface area contributed by atoms with E-state index < -0.39 is 20.9 Å². The molecule has 0 N–H and O–H groups in total. The van der Waals surface area contributed by atoms with Crippen molar-refractivity contribution in [3.8, 4) is 0 Å². The summed E-state index contributed by atoms with van der Waals surface area (Å²) in [6, 6.07) is 8.77.